The summed E-state index contributed by atoms with van der Waals surface area (Å²) in [5, 5.41) is 9.69. The van der Waals surface area contributed by atoms with Gasteiger partial charge in [-0.05, 0) is 31.0 Å². The van der Waals surface area contributed by atoms with Crippen molar-refractivity contribution in [2.75, 3.05) is 0 Å². The molecule has 0 amide bonds. The van der Waals surface area contributed by atoms with E-state index in [1.807, 2.05) is 12.3 Å². The van der Waals surface area contributed by atoms with E-state index in [2.05, 4.69) is 34.8 Å². The summed E-state index contributed by atoms with van der Waals surface area (Å²) >= 11 is 0. The smallest absolute Gasteiger partial charge is 0.140 e. The van der Waals surface area contributed by atoms with Gasteiger partial charge in [-0.2, -0.15) is 5.26 Å². The van der Waals surface area contributed by atoms with Gasteiger partial charge in [0.05, 0.1) is 6.07 Å². The second kappa shape index (κ2) is 4.14. The van der Waals surface area contributed by atoms with E-state index < -0.39 is 0 Å². The third-order valence-corrected chi connectivity index (χ3v) is 2.52. The minimum Gasteiger partial charge on any atom is -0.332 e. The highest BCUT2D eigenvalue weighted by Gasteiger charge is 2.04. The molecule has 0 unspecified atom stereocenters. The van der Waals surface area contributed by atoms with Crippen molar-refractivity contribution < 1.29 is 0 Å². The van der Waals surface area contributed by atoms with Gasteiger partial charge in [0.25, 0.3) is 0 Å². The Morgan fingerprint density at radius 2 is 2.40 bits per heavy atom. The maximum Gasteiger partial charge on any atom is 0.140 e. The molecule has 0 fully saturated rings. The molecule has 2 aromatic heterocycles. The molecule has 0 radical (unpaired) electrons. The van der Waals surface area contributed by atoms with E-state index in [-0.39, 0.29) is 0 Å². The van der Waals surface area contributed by atoms with E-state index in [0.717, 1.165) is 18.6 Å². The first-order valence-corrected chi connectivity index (χ1v) is 5.10. The molecule has 2 heterocycles. The molecular formula is C12H13N3. The minimum absolute atomic E-state index is 0.603. The van der Waals surface area contributed by atoms with Crippen LogP contribution in [0.3, 0.4) is 0 Å². The minimum atomic E-state index is 0.603. The summed E-state index contributed by atoms with van der Waals surface area (Å²) in [6.07, 6.45) is 5.40. The Morgan fingerprint density at radius 1 is 1.53 bits per heavy atom. The lowest BCUT2D eigenvalue weighted by Gasteiger charge is -2.01. The van der Waals surface area contributed by atoms with E-state index in [1.54, 1.807) is 0 Å². The van der Waals surface area contributed by atoms with Crippen molar-refractivity contribution >= 4 is 11.0 Å². The number of fused-ring (bicyclic) bond motifs is 1. The summed E-state index contributed by atoms with van der Waals surface area (Å²) in [4.78, 5) is 4.36. The van der Waals surface area contributed by atoms with Crippen molar-refractivity contribution in [3.05, 3.63) is 30.1 Å². The number of nitriles is 1. The normalized spacial score (nSPS) is 10.4. The molecule has 0 N–H and O–H groups in total. The molecule has 0 aliphatic carbocycles. The molecule has 0 aromatic carbocycles. The Labute approximate surface area is 89.0 Å². The standard InChI is InChI=1S/C12H13N3/c1-10-9-15(8-3-2-6-13)12-11(10)5-4-7-14-12/h4-5,7,9H,2-3,8H2,1H3. The molecule has 0 spiro atoms. The summed E-state index contributed by atoms with van der Waals surface area (Å²) in [6.45, 7) is 2.96. The van der Waals surface area contributed by atoms with Gasteiger partial charge < -0.3 is 4.57 Å². The number of nitrogens with zero attached hydrogens (tertiary/aromatic N) is 3. The van der Waals surface area contributed by atoms with Gasteiger partial charge in [0.1, 0.15) is 5.65 Å². The Hall–Kier alpha value is -1.82. The Bertz CT molecular complexity index is 505. The fraction of sp³-hybridized carbons (Fsp3) is 0.333. The molecule has 3 heteroatoms. The van der Waals surface area contributed by atoms with Crippen LogP contribution in [-0.2, 0) is 6.54 Å². The number of aryl methyl sites for hydroxylation is 2. The van der Waals surface area contributed by atoms with Crippen LogP contribution in [0.2, 0.25) is 0 Å². The number of aromatic nitrogens is 2. The van der Waals surface area contributed by atoms with Crippen molar-refractivity contribution in [3.8, 4) is 6.07 Å². The van der Waals surface area contributed by atoms with E-state index in [0.29, 0.717) is 6.42 Å². The van der Waals surface area contributed by atoms with Gasteiger partial charge in [0, 0.05) is 30.7 Å². The molecule has 0 aliphatic rings. The van der Waals surface area contributed by atoms with Crippen LogP contribution in [0.15, 0.2) is 24.5 Å². The molecule has 15 heavy (non-hydrogen) atoms. The average Bonchev–Trinajstić information content (AvgIpc) is 2.58. The molecule has 0 saturated heterocycles. The fourth-order valence-electron chi connectivity index (χ4n) is 1.80. The van der Waals surface area contributed by atoms with Gasteiger partial charge in [-0.25, -0.2) is 4.98 Å². The molecule has 0 bridgehead atoms. The number of hydrogen-bond acceptors (Lipinski definition) is 2. The van der Waals surface area contributed by atoms with Gasteiger partial charge in [0.2, 0.25) is 0 Å². The van der Waals surface area contributed by atoms with Crippen LogP contribution < -0.4 is 0 Å². The number of rotatable bonds is 3. The lowest BCUT2D eigenvalue weighted by Crippen LogP contribution is -1.96. The predicted molar refractivity (Wildman–Crippen MR) is 59.3 cm³/mol. The molecule has 2 aromatic rings. The first kappa shape index (κ1) is 9.72. The van der Waals surface area contributed by atoms with Crippen LogP contribution in [0.25, 0.3) is 11.0 Å². The summed E-state index contributed by atoms with van der Waals surface area (Å²) in [6, 6.07) is 6.19. The van der Waals surface area contributed by atoms with Crippen LogP contribution in [0, 0.1) is 18.3 Å². The molecule has 2 rings (SSSR count). The first-order chi connectivity index (χ1) is 7.33. The second-order valence-corrected chi connectivity index (χ2v) is 3.64. The van der Waals surface area contributed by atoms with Gasteiger partial charge in [-0.3, -0.25) is 0 Å². The second-order valence-electron chi connectivity index (χ2n) is 3.64. The van der Waals surface area contributed by atoms with E-state index in [9.17, 15) is 0 Å². The van der Waals surface area contributed by atoms with Crippen LogP contribution >= 0.6 is 0 Å². The van der Waals surface area contributed by atoms with Crippen molar-refractivity contribution in [1.29, 1.82) is 5.26 Å². The van der Waals surface area contributed by atoms with Crippen LogP contribution in [0.4, 0.5) is 0 Å². The summed E-state index contributed by atoms with van der Waals surface area (Å²) < 4.78 is 2.13. The third kappa shape index (κ3) is 1.84. The maximum atomic E-state index is 8.49. The van der Waals surface area contributed by atoms with Crippen LogP contribution in [0.1, 0.15) is 18.4 Å². The average molecular weight is 199 g/mol. The highest BCUT2D eigenvalue weighted by molar-refractivity contribution is 5.79. The molecule has 3 nitrogen and oxygen atoms in total. The highest BCUT2D eigenvalue weighted by Crippen LogP contribution is 2.18. The largest absolute Gasteiger partial charge is 0.332 e. The first-order valence-electron chi connectivity index (χ1n) is 5.10. The molecule has 76 valence electrons. The molecule has 0 saturated carbocycles. The predicted octanol–water partition coefficient (Wildman–Crippen LogP) is 2.65. The van der Waals surface area contributed by atoms with Crippen LogP contribution in [-0.4, -0.2) is 9.55 Å². The van der Waals surface area contributed by atoms with Gasteiger partial charge in [-0.1, -0.05) is 0 Å². The summed E-state index contributed by atoms with van der Waals surface area (Å²) in [5.41, 5.74) is 2.27. The Morgan fingerprint density at radius 3 is 3.20 bits per heavy atom. The zero-order valence-corrected chi connectivity index (χ0v) is 8.77. The zero-order chi connectivity index (χ0) is 10.7. The lowest BCUT2D eigenvalue weighted by molar-refractivity contribution is 0.668. The number of pyridine rings is 1. The van der Waals surface area contributed by atoms with Crippen molar-refractivity contribution in [3.63, 3.8) is 0 Å². The van der Waals surface area contributed by atoms with Gasteiger partial charge >= 0.3 is 0 Å². The quantitative estimate of drug-likeness (QED) is 0.713. The zero-order valence-electron chi connectivity index (χ0n) is 8.77. The number of unbranched alkanes of at least 4 members (excludes halogenated alkanes) is 1. The number of hydrogen-bond donors (Lipinski definition) is 0. The molecule has 0 atom stereocenters. The van der Waals surface area contributed by atoms with E-state index in [4.69, 9.17) is 5.26 Å². The van der Waals surface area contributed by atoms with Gasteiger partial charge in [-0.15, -0.1) is 0 Å². The Kier molecular flexibility index (Phi) is 2.68. The topological polar surface area (TPSA) is 41.6 Å². The van der Waals surface area contributed by atoms with Crippen LogP contribution in [0.5, 0.6) is 0 Å². The monoisotopic (exact) mass is 199 g/mol. The van der Waals surface area contributed by atoms with Gasteiger partial charge in [0.15, 0.2) is 0 Å². The van der Waals surface area contributed by atoms with E-state index >= 15 is 0 Å². The summed E-state index contributed by atoms with van der Waals surface area (Å²) in [7, 11) is 0. The van der Waals surface area contributed by atoms with Crippen molar-refractivity contribution in [2.24, 2.45) is 0 Å². The summed E-state index contributed by atoms with van der Waals surface area (Å²) in [5.74, 6) is 0. The fourth-order valence-corrected chi connectivity index (χ4v) is 1.80. The SMILES string of the molecule is Cc1cn(CCCC#N)c2ncccc12. The maximum absolute atomic E-state index is 8.49. The highest BCUT2D eigenvalue weighted by atomic mass is 15.0. The van der Waals surface area contributed by atoms with E-state index in [1.165, 1.54) is 10.9 Å². The molecule has 0 aliphatic heterocycles. The Balaban J connectivity index is 2.32. The van der Waals surface area contributed by atoms with Crippen molar-refractivity contribution in [1.82, 2.24) is 9.55 Å². The third-order valence-electron chi connectivity index (χ3n) is 2.52. The van der Waals surface area contributed by atoms with Crippen molar-refractivity contribution in [2.45, 2.75) is 26.3 Å². The molecular weight excluding hydrogens is 186 g/mol. The lowest BCUT2D eigenvalue weighted by atomic mass is 10.2.